The Morgan fingerprint density at radius 3 is 2.21 bits per heavy atom. The van der Waals surface area contributed by atoms with E-state index in [9.17, 15) is 4.79 Å². The summed E-state index contributed by atoms with van der Waals surface area (Å²) in [6, 6.07) is 7.31. The number of esters is 1. The van der Waals surface area contributed by atoms with E-state index in [0.717, 1.165) is 31.6 Å². The molecule has 1 aromatic carbocycles. The summed E-state index contributed by atoms with van der Waals surface area (Å²) in [5, 5.41) is 0. The van der Waals surface area contributed by atoms with Gasteiger partial charge in [0.2, 0.25) is 0 Å². The normalized spacial score (nSPS) is 30.0. The number of ether oxygens (including phenoxy) is 2. The number of carbonyl (C=O) groups is 1. The molecule has 1 saturated carbocycles. The van der Waals surface area contributed by atoms with E-state index in [-0.39, 0.29) is 23.8 Å². The molecule has 0 amide bonds. The molecule has 3 heterocycles. The fourth-order valence-corrected chi connectivity index (χ4v) is 4.73. The van der Waals surface area contributed by atoms with E-state index in [1.807, 2.05) is 24.3 Å². The molecule has 0 radical (unpaired) electrons. The molecule has 4 aliphatic rings. The average Bonchev–Trinajstić information content (AvgIpc) is 2.56. The monoisotopic (exact) mass is 351 g/mol. The predicted molar refractivity (Wildman–Crippen MR) is 94.8 cm³/mol. The highest BCUT2D eigenvalue weighted by atomic mass is 35.5. The van der Waals surface area contributed by atoms with Crippen molar-refractivity contribution in [3.8, 4) is 11.5 Å². The summed E-state index contributed by atoms with van der Waals surface area (Å²) in [6.45, 7) is 3.51. The maximum atomic E-state index is 13.0. The van der Waals surface area contributed by atoms with Crippen LogP contribution < -0.4 is 9.47 Å². The van der Waals surface area contributed by atoms with Crippen LogP contribution in [-0.4, -0.2) is 37.6 Å². The van der Waals surface area contributed by atoms with Gasteiger partial charge in [-0.15, -0.1) is 12.4 Å². The third-order valence-electron chi connectivity index (χ3n) is 6.29. The minimum absolute atomic E-state index is 0. The van der Waals surface area contributed by atoms with Gasteiger partial charge in [-0.05, 0) is 74.9 Å². The van der Waals surface area contributed by atoms with Crippen LogP contribution in [0.5, 0.6) is 11.5 Å². The molecule has 0 spiro atoms. The van der Waals surface area contributed by atoms with E-state index >= 15 is 0 Å². The zero-order valence-electron chi connectivity index (χ0n) is 14.2. The number of halogens is 1. The fraction of sp³-hybridized carbons (Fsp3) is 0.632. The van der Waals surface area contributed by atoms with Crippen molar-refractivity contribution in [2.24, 2.45) is 17.3 Å². The van der Waals surface area contributed by atoms with Gasteiger partial charge in [-0.2, -0.15) is 0 Å². The summed E-state index contributed by atoms with van der Waals surface area (Å²) >= 11 is 0. The predicted octanol–water partition coefficient (Wildman–Crippen LogP) is 3.53. The fourth-order valence-electron chi connectivity index (χ4n) is 4.73. The molecule has 1 aromatic rings. The molecule has 4 fully saturated rings. The Labute approximate surface area is 149 Å². The topological polar surface area (TPSA) is 38.8 Å². The Balaban J connectivity index is 0.00000169. The summed E-state index contributed by atoms with van der Waals surface area (Å²) < 4.78 is 10.9. The molecule has 24 heavy (non-hydrogen) atoms. The van der Waals surface area contributed by atoms with Crippen molar-refractivity contribution in [1.29, 1.82) is 0 Å². The van der Waals surface area contributed by atoms with Crippen LogP contribution in [0.25, 0.3) is 0 Å². The molecule has 0 aromatic heterocycles. The largest absolute Gasteiger partial charge is 0.497 e. The number of methoxy groups -OCH3 is 1. The maximum Gasteiger partial charge on any atom is 0.317 e. The Morgan fingerprint density at radius 2 is 1.75 bits per heavy atom. The van der Waals surface area contributed by atoms with Gasteiger partial charge < -0.3 is 14.4 Å². The lowest BCUT2D eigenvalue weighted by Crippen LogP contribution is -2.58. The smallest absolute Gasteiger partial charge is 0.317 e. The van der Waals surface area contributed by atoms with Gasteiger partial charge >= 0.3 is 5.97 Å². The number of hydrogen-bond donors (Lipinski definition) is 0. The molecular formula is C19H26ClNO3. The van der Waals surface area contributed by atoms with Crippen LogP contribution in [0, 0.1) is 17.3 Å². The highest BCUT2D eigenvalue weighted by molar-refractivity contribution is 5.85. The lowest BCUT2D eigenvalue weighted by atomic mass is 9.55. The van der Waals surface area contributed by atoms with E-state index in [1.54, 1.807) is 7.11 Å². The van der Waals surface area contributed by atoms with Crippen LogP contribution >= 0.6 is 12.4 Å². The van der Waals surface area contributed by atoms with Gasteiger partial charge in [0.1, 0.15) is 11.5 Å². The van der Waals surface area contributed by atoms with Crippen molar-refractivity contribution in [3.63, 3.8) is 0 Å². The maximum absolute atomic E-state index is 13.0. The minimum Gasteiger partial charge on any atom is -0.497 e. The van der Waals surface area contributed by atoms with Crippen molar-refractivity contribution in [3.05, 3.63) is 24.3 Å². The zero-order chi connectivity index (χ0) is 15.9. The summed E-state index contributed by atoms with van der Waals surface area (Å²) in [5.41, 5.74) is -0.232. The lowest BCUT2D eigenvalue weighted by Gasteiger charge is -2.55. The van der Waals surface area contributed by atoms with Gasteiger partial charge in [0.05, 0.1) is 12.5 Å². The molecule has 4 nitrogen and oxygen atoms in total. The highest BCUT2D eigenvalue weighted by Gasteiger charge is 2.56. The van der Waals surface area contributed by atoms with Gasteiger partial charge in [0.15, 0.2) is 0 Å². The van der Waals surface area contributed by atoms with E-state index in [1.165, 1.54) is 25.9 Å². The van der Waals surface area contributed by atoms with Crippen LogP contribution in [-0.2, 0) is 4.79 Å². The van der Waals surface area contributed by atoms with Crippen LogP contribution in [0.2, 0.25) is 0 Å². The summed E-state index contributed by atoms with van der Waals surface area (Å²) in [6.07, 6.45) is 5.65. The molecule has 1 atom stereocenters. The molecule has 3 saturated heterocycles. The molecule has 132 valence electrons. The number of piperidine rings is 3. The van der Waals surface area contributed by atoms with Crippen LogP contribution in [0.1, 0.15) is 32.1 Å². The van der Waals surface area contributed by atoms with Crippen molar-refractivity contribution >= 4 is 18.4 Å². The van der Waals surface area contributed by atoms with E-state index in [4.69, 9.17) is 9.47 Å². The van der Waals surface area contributed by atoms with Gasteiger partial charge in [0, 0.05) is 6.54 Å². The van der Waals surface area contributed by atoms with Crippen LogP contribution in [0.15, 0.2) is 24.3 Å². The second-order valence-corrected chi connectivity index (χ2v) is 7.32. The van der Waals surface area contributed by atoms with Gasteiger partial charge in [-0.3, -0.25) is 4.79 Å². The lowest BCUT2D eigenvalue weighted by molar-refractivity contribution is -0.165. The molecule has 0 N–H and O–H groups in total. The summed E-state index contributed by atoms with van der Waals surface area (Å²) in [5.74, 6) is 2.60. The van der Waals surface area contributed by atoms with E-state index in [2.05, 4.69) is 4.90 Å². The molecule has 1 unspecified atom stereocenters. The van der Waals surface area contributed by atoms with Crippen molar-refractivity contribution in [1.82, 2.24) is 4.90 Å². The number of fused-ring (bicyclic) bond motifs is 3. The Hall–Kier alpha value is -1.26. The van der Waals surface area contributed by atoms with Gasteiger partial charge in [0.25, 0.3) is 0 Å². The van der Waals surface area contributed by atoms with Gasteiger partial charge in [-0.1, -0.05) is 6.42 Å². The first-order valence-corrected chi connectivity index (χ1v) is 8.80. The van der Waals surface area contributed by atoms with Crippen molar-refractivity contribution in [2.45, 2.75) is 32.1 Å². The number of benzene rings is 1. The quantitative estimate of drug-likeness (QED) is 0.614. The third-order valence-corrected chi connectivity index (χ3v) is 6.29. The Kier molecular flexibility index (Phi) is 5.07. The van der Waals surface area contributed by atoms with E-state index < -0.39 is 0 Å². The Bertz CT molecular complexity index is 577. The minimum atomic E-state index is -0.232. The molecule has 1 aliphatic carbocycles. The number of nitrogens with zero attached hydrogens (tertiary/aromatic N) is 1. The van der Waals surface area contributed by atoms with E-state index in [0.29, 0.717) is 17.6 Å². The van der Waals surface area contributed by atoms with Crippen LogP contribution in [0.4, 0.5) is 0 Å². The number of carbonyl (C=O) groups excluding carboxylic acids is 1. The van der Waals surface area contributed by atoms with Gasteiger partial charge in [-0.25, -0.2) is 0 Å². The van der Waals surface area contributed by atoms with Crippen LogP contribution in [0.3, 0.4) is 0 Å². The molecule has 3 aliphatic heterocycles. The van der Waals surface area contributed by atoms with Crippen molar-refractivity contribution < 1.29 is 14.3 Å². The van der Waals surface area contributed by atoms with Crippen molar-refractivity contribution in [2.75, 3.05) is 26.7 Å². The molecule has 2 bridgehead atoms. The first-order valence-electron chi connectivity index (χ1n) is 8.80. The molecule has 5 heteroatoms. The third kappa shape index (κ3) is 2.91. The average molecular weight is 352 g/mol. The second-order valence-electron chi connectivity index (χ2n) is 7.32. The zero-order valence-corrected chi connectivity index (χ0v) is 15.0. The standard InChI is InChI=1S/C19H25NO3.ClH/c1-22-15-3-5-16(6-4-15)23-18(21)19(9-2-10-19)17-13-20-11-7-14(17)8-12-20;/h3-6,14,17H,2,7-13H2,1H3;1H. The summed E-state index contributed by atoms with van der Waals surface area (Å²) in [4.78, 5) is 15.5. The second kappa shape index (κ2) is 6.93. The molecule has 5 rings (SSSR count). The SMILES string of the molecule is COc1ccc(OC(=O)C2(C3CN4CCC3CC4)CCC2)cc1.Cl. The first kappa shape index (κ1) is 17.6. The first-order chi connectivity index (χ1) is 11.2. The number of rotatable bonds is 4. The molecular weight excluding hydrogens is 326 g/mol. The summed E-state index contributed by atoms with van der Waals surface area (Å²) in [7, 11) is 1.64. The Morgan fingerprint density at radius 1 is 1.12 bits per heavy atom. The number of hydrogen-bond acceptors (Lipinski definition) is 4. The highest BCUT2D eigenvalue weighted by Crippen LogP contribution is 2.54.